The monoisotopic (exact) mass is 470 g/mol. The maximum atomic E-state index is 12.8. The second-order valence-electron chi connectivity index (χ2n) is 7.09. The van der Waals surface area contributed by atoms with E-state index in [0.717, 1.165) is 5.56 Å². The molecular weight excluding hydrogens is 452 g/mol. The topological polar surface area (TPSA) is 89.2 Å². The highest BCUT2D eigenvalue weighted by atomic mass is 35.5. The van der Waals surface area contributed by atoms with Crippen molar-refractivity contribution in [3.63, 3.8) is 0 Å². The molecule has 0 saturated carbocycles. The van der Waals surface area contributed by atoms with E-state index in [4.69, 9.17) is 20.8 Å². The lowest BCUT2D eigenvalue weighted by atomic mass is 10.0. The van der Waals surface area contributed by atoms with Crippen LogP contribution in [0, 0.1) is 0 Å². The van der Waals surface area contributed by atoms with Crippen LogP contribution >= 0.6 is 22.9 Å². The van der Waals surface area contributed by atoms with Crippen LogP contribution in [0.5, 0.6) is 0 Å². The average Bonchev–Trinajstić information content (AvgIpc) is 3.56. The predicted molar refractivity (Wildman–Crippen MR) is 120 cm³/mol. The van der Waals surface area contributed by atoms with Crippen LogP contribution < -0.4 is 0 Å². The van der Waals surface area contributed by atoms with Crippen LogP contribution in [0.25, 0.3) is 0 Å². The molecule has 1 unspecified atom stereocenters. The summed E-state index contributed by atoms with van der Waals surface area (Å²) in [7, 11) is 0. The van der Waals surface area contributed by atoms with Gasteiger partial charge in [-0.15, -0.1) is 11.3 Å². The molecule has 4 rings (SSSR count). The molecule has 3 heterocycles. The molecule has 0 N–H and O–H groups in total. The molecule has 0 bridgehead atoms. The highest BCUT2D eigenvalue weighted by Gasteiger charge is 2.35. The Morgan fingerprint density at radius 1 is 1.12 bits per heavy atom. The molecule has 1 aliphatic heterocycles. The molecule has 9 heteroatoms. The molecule has 1 aromatic carbocycles. The number of Topliss-reactive ketones (excluding diaryl/α,β-unsaturated/α-hetero) is 1. The van der Waals surface area contributed by atoms with Gasteiger partial charge in [0.05, 0.1) is 23.3 Å². The molecule has 2 aromatic heterocycles. The lowest BCUT2D eigenvalue weighted by Crippen LogP contribution is -2.31. The third-order valence-electron chi connectivity index (χ3n) is 4.92. The molecule has 0 aliphatic carbocycles. The zero-order chi connectivity index (χ0) is 22.5. The highest BCUT2D eigenvalue weighted by molar-refractivity contribution is 7.12. The number of esters is 1. The van der Waals surface area contributed by atoms with E-state index in [1.54, 1.807) is 41.8 Å². The van der Waals surface area contributed by atoms with Gasteiger partial charge in [0.15, 0.2) is 12.4 Å². The van der Waals surface area contributed by atoms with Gasteiger partial charge in [-0.2, -0.15) is 5.10 Å². The number of hydrazone groups is 1. The van der Waals surface area contributed by atoms with Gasteiger partial charge in [-0.05, 0) is 41.3 Å². The second kappa shape index (κ2) is 9.93. The van der Waals surface area contributed by atoms with Crippen LogP contribution in [0.3, 0.4) is 0 Å². The summed E-state index contributed by atoms with van der Waals surface area (Å²) in [5.74, 6) is -0.635. The highest BCUT2D eigenvalue weighted by Crippen LogP contribution is 2.33. The summed E-state index contributed by atoms with van der Waals surface area (Å²) in [6, 6.07) is 13.7. The summed E-state index contributed by atoms with van der Waals surface area (Å²) in [4.78, 5) is 37.5. The number of carbonyl (C=O) groups excluding carboxylic acids is 3. The van der Waals surface area contributed by atoms with E-state index in [0.29, 0.717) is 27.8 Å². The number of hydrogen-bond acceptors (Lipinski definition) is 7. The van der Waals surface area contributed by atoms with Crippen molar-refractivity contribution >= 4 is 46.3 Å². The van der Waals surface area contributed by atoms with Crippen molar-refractivity contribution in [2.24, 2.45) is 5.10 Å². The van der Waals surface area contributed by atoms with Crippen molar-refractivity contribution < 1.29 is 23.5 Å². The summed E-state index contributed by atoms with van der Waals surface area (Å²) >= 11 is 7.29. The van der Waals surface area contributed by atoms with Gasteiger partial charge in [0, 0.05) is 17.9 Å². The van der Waals surface area contributed by atoms with E-state index in [1.165, 1.54) is 22.6 Å². The molecule has 1 amide bonds. The Bertz CT molecular complexity index is 1120. The summed E-state index contributed by atoms with van der Waals surface area (Å²) < 4.78 is 10.6. The van der Waals surface area contributed by atoms with E-state index in [-0.39, 0.29) is 18.6 Å². The molecular formula is C23H19ClN2O5S. The van der Waals surface area contributed by atoms with Crippen molar-refractivity contribution in [3.05, 3.63) is 81.4 Å². The van der Waals surface area contributed by atoms with Crippen LogP contribution in [-0.4, -0.2) is 35.0 Å². The predicted octanol–water partition coefficient (Wildman–Crippen LogP) is 4.88. The Balaban J connectivity index is 1.38. The van der Waals surface area contributed by atoms with Crippen molar-refractivity contribution in [3.8, 4) is 0 Å². The zero-order valence-electron chi connectivity index (χ0n) is 16.9. The van der Waals surface area contributed by atoms with Gasteiger partial charge >= 0.3 is 5.97 Å². The molecule has 0 radical (unpaired) electrons. The average molecular weight is 471 g/mol. The number of ether oxygens (including phenoxy) is 1. The molecule has 164 valence electrons. The minimum absolute atomic E-state index is 0.0329. The van der Waals surface area contributed by atoms with Gasteiger partial charge < -0.3 is 9.15 Å². The van der Waals surface area contributed by atoms with Gasteiger partial charge in [-0.25, -0.2) is 5.01 Å². The number of furan rings is 1. The third-order valence-corrected chi connectivity index (χ3v) is 6.09. The number of benzene rings is 1. The number of carbonyl (C=O) groups is 3. The van der Waals surface area contributed by atoms with Crippen molar-refractivity contribution in [2.75, 3.05) is 6.61 Å². The molecule has 0 fully saturated rings. The first kappa shape index (κ1) is 22.0. The Labute approximate surface area is 193 Å². The molecule has 32 heavy (non-hydrogen) atoms. The lowest BCUT2D eigenvalue weighted by Gasteiger charge is -2.19. The van der Waals surface area contributed by atoms with Crippen LogP contribution in [0.15, 0.2) is 69.7 Å². The number of hydrogen-bond donors (Lipinski definition) is 0. The molecule has 0 spiro atoms. The SMILES string of the molecule is O=C(CCC(=O)c1cccs1)OCC(=O)N1N=C(c2ccc(Cl)cc2)CC1c1ccco1. The smallest absolute Gasteiger partial charge is 0.306 e. The molecule has 1 aliphatic rings. The van der Waals surface area contributed by atoms with E-state index < -0.39 is 24.5 Å². The number of ketones is 1. The number of halogens is 1. The fourth-order valence-electron chi connectivity index (χ4n) is 3.32. The summed E-state index contributed by atoms with van der Waals surface area (Å²) in [5, 5.41) is 8.15. The van der Waals surface area contributed by atoms with Crippen LogP contribution in [0.2, 0.25) is 5.02 Å². The van der Waals surface area contributed by atoms with Crippen molar-refractivity contribution in [2.45, 2.75) is 25.3 Å². The zero-order valence-corrected chi connectivity index (χ0v) is 18.5. The van der Waals surface area contributed by atoms with Crippen LogP contribution in [0.1, 0.15) is 46.3 Å². The van der Waals surface area contributed by atoms with Crippen molar-refractivity contribution in [1.82, 2.24) is 5.01 Å². The van der Waals surface area contributed by atoms with E-state index in [1.807, 2.05) is 12.1 Å². The summed E-state index contributed by atoms with van der Waals surface area (Å²) in [6.45, 7) is -0.472. The number of amides is 1. The first-order chi connectivity index (χ1) is 15.5. The Morgan fingerprint density at radius 3 is 2.62 bits per heavy atom. The standard InChI is InChI=1S/C23H19ClN2O5S/c24-16-7-5-15(6-8-16)17-13-18(20-3-1-11-30-20)26(25-17)22(28)14-31-23(29)10-9-19(27)21-4-2-12-32-21/h1-8,11-12,18H,9-10,13-14H2. The summed E-state index contributed by atoms with van der Waals surface area (Å²) in [6.07, 6.45) is 1.92. The van der Waals surface area contributed by atoms with Crippen LogP contribution in [-0.2, 0) is 14.3 Å². The maximum absolute atomic E-state index is 12.8. The van der Waals surface area contributed by atoms with E-state index in [2.05, 4.69) is 5.10 Å². The normalized spacial score (nSPS) is 15.5. The third kappa shape index (κ3) is 5.15. The Kier molecular flexibility index (Phi) is 6.82. The first-order valence-corrected chi connectivity index (χ1v) is 11.2. The lowest BCUT2D eigenvalue weighted by molar-refractivity contribution is -0.152. The van der Waals surface area contributed by atoms with Gasteiger partial charge in [0.25, 0.3) is 5.91 Å². The minimum Gasteiger partial charge on any atom is -0.467 e. The van der Waals surface area contributed by atoms with Gasteiger partial charge in [0.1, 0.15) is 11.8 Å². The molecule has 1 atom stereocenters. The Hall–Kier alpha value is -3.23. The molecule has 7 nitrogen and oxygen atoms in total. The largest absolute Gasteiger partial charge is 0.467 e. The Morgan fingerprint density at radius 2 is 1.94 bits per heavy atom. The fraction of sp³-hybridized carbons (Fsp3) is 0.217. The fourth-order valence-corrected chi connectivity index (χ4v) is 4.14. The van der Waals surface area contributed by atoms with Crippen LogP contribution in [0.4, 0.5) is 0 Å². The quantitative estimate of drug-likeness (QED) is 0.346. The van der Waals surface area contributed by atoms with Crippen molar-refractivity contribution in [1.29, 1.82) is 0 Å². The number of rotatable bonds is 8. The van der Waals surface area contributed by atoms with E-state index >= 15 is 0 Å². The molecule has 0 saturated heterocycles. The van der Waals surface area contributed by atoms with Gasteiger partial charge in [-0.1, -0.05) is 29.8 Å². The number of nitrogens with zero attached hydrogens (tertiary/aromatic N) is 2. The number of thiophene rings is 1. The maximum Gasteiger partial charge on any atom is 0.306 e. The van der Waals surface area contributed by atoms with Gasteiger partial charge in [0.2, 0.25) is 0 Å². The van der Waals surface area contributed by atoms with E-state index in [9.17, 15) is 14.4 Å². The summed E-state index contributed by atoms with van der Waals surface area (Å²) in [5.41, 5.74) is 1.54. The first-order valence-electron chi connectivity index (χ1n) is 9.92. The minimum atomic E-state index is -0.612. The molecule has 3 aromatic rings. The second-order valence-corrected chi connectivity index (χ2v) is 8.47. The van der Waals surface area contributed by atoms with Gasteiger partial charge in [-0.3, -0.25) is 14.4 Å².